The molecule has 0 aromatic rings. The zero-order valence-corrected chi connectivity index (χ0v) is 6.98. The maximum absolute atomic E-state index is 10.6. The molecule has 0 aliphatic carbocycles. The number of rotatable bonds is 2. The molecule has 0 aromatic carbocycles. The van der Waals surface area contributed by atoms with Gasteiger partial charge in [0, 0.05) is 7.34 Å². The molecule has 62 valence electrons. The van der Waals surface area contributed by atoms with Crippen LogP contribution in [0.2, 0.25) is 0 Å². The van der Waals surface area contributed by atoms with Crippen LogP contribution in [0, 0.1) is 17.8 Å². The van der Waals surface area contributed by atoms with Crippen molar-refractivity contribution in [1.82, 2.24) is 5.32 Å². The standard InChI is InChI=1S/C9H13NO.H2/c1-4-9(11)10-7-5-6-8(2)3;/h4,8H,1,7H2,2-3H3,(H,10,11);1H. The van der Waals surface area contributed by atoms with E-state index in [1.807, 2.05) is 13.8 Å². The highest BCUT2D eigenvalue weighted by molar-refractivity contribution is 5.86. The Morgan fingerprint density at radius 2 is 2.45 bits per heavy atom. The average Bonchev–Trinajstić information content (AvgIpc) is 1.97. The van der Waals surface area contributed by atoms with Crippen LogP contribution >= 0.6 is 0 Å². The van der Waals surface area contributed by atoms with Crippen molar-refractivity contribution in [3.05, 3.63) is 12.7 Å². The highest BCUT2D eigenvalue weighted by atomic mass is 16.1. The van der Waals surface area contributed by atoms with Gasteiger partial charge in [-0.3, -0.25) is 4.79 Å². The van der Waals surface area contributed by atoms with Gasteiger partial charge in [0.25, 0.3) is 0 Å². The molecule has 0 spiro atoms. The molecule has 0 atom stereocenters. The summed E-state index contributed by atoms with van der Waals surface area (Å²) in [5, 5.41) is 2.56. The van der Waals surface area contributed by atoms with Crippen LogP contribution in [0.4, 0.5) is 0 Å². The molecule has 0 unspecified atom stereocenters. The van der Waals surface area contributed by atoms with Crippen LogP contribution in [-0.2, 0) is 4.79 Å². The lowest BCUT2D eigenvalue weighted by Gasteiger charge is -1.92. The molecule has 2 heteroatoms. The fourth-order valence-corrected chi connectivity index (χ4v) is 0.459. The molecule has 1 N–H and O–H groups in total. The lowest BCUT2D eigenvalue weighted by atomic mass is 10.2. The lowest BCUT2D eigenvalue weighted by Crippen LogP contribution is -2.20. The summed E-state index contributed by atoms with van der Waals surface area (Å²) in [5.41, 5.74) is 0. The highest BCUT2D eigenvalue weighted by Crippen LogP contribution is 1.84. The van der Waals surface area contributed by atoms with Gasteiger partial charge in [-0.25, -0.2) is 0 Å². The number of hydrogen-bond donors (Lipinski definition) is 1. The van der Waals surface area contributed by atoms with Gasteiger partial charge in [-0.1, -0.05) is 32.3 Å². The minimum atomic E-state index is -0.178. The fourth-order valence-electron chi connectivity index (χ4n) is 0.459. The second-order valence-corrected chi connectivity index (χ2v) is 2.40. The molecule has 0 aromatic heterocycles. The van der Waals surface area contributed by atoms with Gasteiger partial charge in [0.1, 0.15) is 0 Å². The summed E-state index contributed by atoms with van der Waals surface area (Å²) in [6, 6.07) is 0. The van der Waals surface area contributed by atoms with Crippen LogP contribution in [0.15, 0.2) is 12.7 Å². The van der Waals surface area contributed by atoms with Crippen molar-refractivity contribution < 1.29 is 6.22 Å². The molecular formula is C9H15NO. The van der Waals surface area contributed by atoms with Gasteiger partial charge in [0.15, 0.2) is 0 Å². The Kier molecular flexibility index (Phi) is 4.93. The third-order valence-electron chi connectivity index (χ3n) is 0.927. The Hall–Kier alpha value is -1.23. The van der Waals surface area contributed by atoms with Crippen molar-refractivity contribution in [1.29, 1.82) is 0 Å². The minimum Gasteiger partial charge on any atom is -0.342 e. The molecule has 0 saturated carbocycles. The molecule has 0 aliphatic rings. The Labute approximate surface area is 69.2 Å². The van der Waals surface area contributed by atoms with Crippen LogP contribution in [0.5, 0.6) is 0 Å². The van der Waals surface area contributed by atoms with Crippen LogP contribution < -0.4 is 5.32 Å². The molecule has 0 rings (SSSR count). The van der Waals surface area contributed by atoms with E-state index in [-0.39, 0.29) is 7.33 Å². The molecule has 0 bridgehead atoms. The van der Waals surface area contributed by atoms with Gasteiger partial charge < -0.3 is 5.32 Å². The van der Waals surface area contributed by atoms with Gasteiger partial charge in [-0.05, 0) is 6.08 Å². The van der Waals surface area contributed by atoms with E-state index in [1.165, 1.54) is 6.08 Å². The van der Waals surface area contributed by atoms with Crippen LogP contribution in [-0.4, -0.2) is 12.5 Å². The van der Waals surface area contributed by atoms with Crippen molar-refractivity contribution in [3.63, 3.8) is 0 Å². The SMILES string of the molecule is C=CC(=O)NCC#CC(C)C.[HH]. The second kappa shape index (κ2) is 5.55. The third-order valence-corrected chi connectivity index (χ3v) is 0.927. The highest BCUT2D eigenvalue weighted by Gasteiger charge is 1.87. The maximum atomic E-state index is 10.6. The van der Waals surface area contributed by atoms with Gasteiger partial charge >= 0.3 is 0 Å². The number of carbonyl (C=O) groups is 1. The first-order valence-corrected chi connectivity index (χ1v) is 3.55. The van der Waals surface area contributed by atoms with Gasteiger partial charge in [-0.2, -0.15) is 0 Å². The molecule has 0 heterocycles. The van der Waals surface area contributed by atoms with E-state index >= 15 is 0 Å². The average molecular weight is 153 g/mol. The monoisotopic (exact) mass is 153 g/mol. The molecule has 0 fully saturated rings. The van der Waals surface area contributed by atoms with Crippen molar-refractivity contribution >= 4 is 5.91 Å². The summed E-state index contributed by atoms with van der Waals surface area (Å²) in [6.07, 6.45) is 1.23. The predicted molar refractivity (Wildman–Crippen MR) is 47.9 cm³/mol. The zero-order chi connectivity index (χ0) is 8.69. The van der Waals surface area contributed by atoms with E-state index in [9.17, 15) is 4.79 Å². The second-order valence-electron chi connectivity index (χ2n) is 2.40. The summed E-state index contributed by atoms with van der Waals surface area (Å²) >= 11 is 0. The summed E-state index contributed by atoms with van der Waals surface area (Å²) in [6.45, 7) is 7.72. The Morgan fingerprint density at radius 3 is 2.91 bits per heavy atom. The topological polar surface area (TPSA) is 29.1 Å². The smallest absolute Gasteiger partial charge is 0.244 e. The quantitative estimate of drug-likeness (QED) is 0.468. The van der Waals surface area contributed by atoms with E-state index in [0.29, 0.717) is 12.5 Å². The molecule has 0 aliphatic heterocycles. The van der Waals surface area contributed by atoms with Crippen LogP contribution in [0.3, 0.4) is 0 Å². The van der Waals surface area contributed by atoms with Crippen molar-refractivity contribution in [2.45, 2.75) is 13.8 Å². The Morgan fingerprint density at radius 1 is 1.82 bits per heavy atom. The largest absolute Gasteiger partial charge is 0.342 e. The Bertz CT molecular complexity index is 200. The van der Waals surface area contributed by atoms with E-state index < -0.39 is 0 Å². The summed E-state index contributed by atoms with van der Waals surface area (Å²) < 4.78 is 0. The normalized spacial score (nSPS) is 8.27. The predicted octanol–water partition coefficient (Wildman–Crippen LogP) is 1.19. The first-order valence-electron chi connectivity index (χ1n) is 3.55. The van der Waals surface area contributed by atoms with E-state index in [4.69, 9.17) is 0 Å². The number of carbonyl (C=O) groups excluding carboxylic acids is 1. The first kappa shape index (κ1) is 9.77. The van der Waals surface area contributed by atoms with Crippen molar-refractivity contribution in [2.75, 3.05) is 6.54 Å². The summed E-state index contributed by atoms with van der Waals surface area (Å²) in [7, 11) is 0. The van der Waals surface area contributed by atoms with E-state index in [2.05, 4.69) is 23.7 Å². The minimum absolute atomic E-state index is 0. The van der Waals surface area contributed by atoms with Gasteiger partial charge in [0.05, 0.1) is 6.54 Å². The van der Waals surface area contributed by atoms with E-state index in [0.717, 1.165) is 0 Å². The zero-order valence-electron chi connectivity index (χ0n) is 6.98. The van der Waals surface area contributed by atoms with Crippen LogP contribution in [0.1, 0.15) is 15.3 Å². The van der Waals surface area contributed by atoms with Crippen molar-refractivity contribution in [3.8, 4) is 11.8 Å². The van der Waals surface area contributed by atoms with Crippen LogP contribution in [0.25, 0.3) is 0 Å². The molecule has 2 nitrogen and oxygen atoms in total. The van der Waals surface area contributed by atoms with Gasteiger partial charge in [-0.15, -0.1) is 0 Å². The molecular weight excluding hydrogens is 138 g/mol. The Balaban J connectivity index is 0. The third kappa shape index (κ3) is 6.66. The number of nitrogens with one attached hydrogen (secondary N) is 1. The number of amides is 1. The lowest BCUT2D eigenvalue weighted by molar-refractivity contribution is -0.116. The first-order chi connectivity index (χ1) is 5.16. The maximum Gasteiger partial charge on any atom is 0.244 e. The molecule has 11 heavy (non-hydrogen) atoms. The molecule has 1 amide bonds. The number of hydrogen-bond acceptors (Lipinski definition) is 1. The van der Waals surface area contributed by atoms with Gasteiger partial charge in [0.2, 0.25) is 5.91 Å². The molecule has 0 radical (unpaired) electrons. The summed E-state index contributed by atoms with van der Waals surface area (Å²) in [5.74, 6) is 5.93. The molecule has 0 saturated heterocycles. The summed E-state index contributed by atoms with van der Waals surface area (Å²) in [4.78, 5) is 10.6. The fraction of sp³-hybridized carbons (Fsp3) is 0.444. The van der Waals surface area contributed by atoms with E-state index in [1.54, 1.807) is 0 Å². The van der Waals surface area contributed by atoms with Crippen molar-refractivity contribution in [2.24, 2.45) is 5.92 Å².